The molecule has 0 saturated heterocycles. The van der Waals surface area contributed by atoms with E-state index in [2.05, 4.69) is 168 Å². The summed E-state index contributed by atoms with van der Waals surface area (Å²) >= 11 is 0. The van der Waals surface area contributed by atoms with Gasteiger partial charge in [0, 0.05) is 32.3 Å². The Labute approximate surface area is 261 Å². The fourth-order valence-electron chi connectivity index (χ4n) is 4.75. The summed E-state index contributed by atoms with van der Waals surface area (Å²) in [6.07, 6.45) is 0. The number of benzene rings is 5. The molecule has 5 aromatic carbocycles. The number of hydrogen-bond donors (Lipinski definition) is 0. The van der Waals surface area contributed by atoms with Gasteiger partial charge in [0.1, 0.15) is 0 Å². The zero-order chi connectivity index (χ0) is 30.8. The monoisotopic (exact) mass is 606 g/mol. The third-order valence-electron chi connectivity index (χ3n) is 6.90. The summed E-state index contributed by atoms with van der Waals surface area (Å²) in [5, 5.41) is 4.68. The molecule has 43 heavy (non-hydrogen) atoms. The molecule has 0 saturated carbocycles. The van der Waals surface area contributed by atoms with Crippen LogP contribution in [0.3, 0.4) is 0 Å². The van der Waals surface area contributed by atoms with Crippen molar-refractivity contribution in [3.05, 3.63) is 145 Å². The van der Waals surface area contributed by atoms with E-state index in [1.807, 2.05) is 13.8 Å². The van der Waals surface area contributed by atoms with Gasteiger partial charge in [-0.15, -0.1) is 0 Å². The second kappa shape index (κ2) is 15.3. The molecular weight excluding hydrogens is 562 g/mol. The van der Waals surface area contributed by atoms with Gasteiger partial charge in [-0.2, -0.15) is 0 Å². The Kier molecular flexibility index (Phi) is 11.6. The average molecular weight is 607 g/mol. The lowest BCUT2D eigenvalue weighted by Crippen LogP contribution is -2.21. The van der Waals surface area contributed by atoms with Crippen LogP contribution in [0.1, 0.15) is 65.5 Å². The van der Waals surface area contributed by atoms with Gasteiger partial charge >= 0.3 is 0 Å². The molecule has 0 aliphatic rings. The molecule has 4 heteroatoms. The lowest BCUT2D eigenvalue weighted by Gasteiger charge is -2.31. The van der Waals surface area contributed by atoms with Crippen LogP contribution in [-0.4, -0.2) is 0 Å². The van der Waals surface area contributed by atoms with Crippen molar-refractivity contribution < 1.29 is 9.05 Å². The highest BCUT2D eigenvalue weighted by atomic mass is 31.1. The molecule has 0 atom stereocenters. The maximum absolute atomic E-state index is 7.29. The van der Waals surface area contributed by atoms with Crippen LogP contribution in [0.4, 0.5) is 0 Å². The fraction of sp³-hybridized carbons (Fsp3) is 0.231. The molecule has 0 aliphatic carbocycles. The Morgan fingerprint density at radius 1 is 0.465 bits per heavy atom. The van der Waals surface area contributed by atoms with Crippen molar-refractivity contribution >= 4 is 37.5 Å². The molecule has 222 valence electrons. The first kappa shape index (κ1) is 32.5. The molecule has 0 fully saturated rings. The standard InChI is InChI=1S/C37H38O2P2.C2H6/c1-28(2)33-26-27-34(37(3,4)5)36(39-41(31-22-14-8-15-23-31)32-24-16-9-17-25-32)35(33)38-40(29-18-10-6-11-19-29)30-20-12-7-13-21-30;1-2/h6-28H,1-5H3;1-2H3. The normalized spacial score (nSPS) is 11.3. The lowest BCUT2D eigenvalue weighted by atomic mass is 9.84. The summed E-state index contributed by atoms with van der Waals surface area (Å²) < 4.78 is 14.6. The van der Waals surface area contributed by atoms with Gasteiger partial charge < -0.3 is 9.05 Å². The van der Waals surface area contributed by atoms with Gasteiger partial charge in [-0.3, -0.25) is 0 Å². The van der Waals surface area contributed by atoms with E-state index in [1.54, 1.807) is 0 Å². The SMILES string of the molecule is CC.CC(C)c1ccc(C(C)(C)C)c(OP(c2ccccc2)c2ccccc2)c1OP(c1ccccc1)c1ccccc1. The summed E-state index contributed by atoms with van der Waals surface area (Å²) in [6.45, 7) is 15.2. The molecule has 0 aromatic heterocycles. The van der Waals surface area contributed by atoms with Gasteiger partial charge in [-0.05, 0) is 11.3 Å². The van der Waals surface area contributed by atoms with E-state index in [1.165, 1.54) is 21.2 Å². The predicted octanol–water partition coefficient (Wildman–Crippen LogP) is 9.99. The van der Waals surface area contributed by atoms with Gasteiger partial charge in [0.15, 0.2) is 27.8 Å². The maximum Gasteiger partial charge on any atom is 0.170 e. The van der Waals surface area contributed by atoms with E-state index < -0.39 is 16.3 Å². The van der Waals surface area contributed by atoms with Crippen LogP contribution in [0, 0.1) is 0 Å². The molecule has 2 nitrogen and oxygen atoms in total. The van der Waals surface area contributed by atoms with Crippen LogP contribution in [0.15, 0.2) is 133 Å². The number of hydrogen-bond acceptors (Lipinski definition) is 2. The lowest BCUT2D eigenvalue weighted by molar-refractivity contribution is 0.504. The van der Waals surface area contributed by atoms with E-state index in [0.29, 0.717) is 0 Å². The van der Waals surface area contributed by atoms with Crippen molar-refractivity contribution in [2.24, 2.45) is 0 Å². The minimum absolute atomic E-state index is 0.153. The minimum Gasteiger partial charge on any atom is -0.460 e. The van der Waals surface area contributed by atoms with E-state index in [0.717, 1.165) is 22.6 Å². The summed E-state index contributed by atoms with van der Waals surface area (Å²) in [7, 11) is -2.28. The van der Waals surface area contributed by atoms with Crippen LogP contribution in [-0.2, 0) is 5.41 Å². The summed E-state index contributed by atoms with van der Waals surface area (Å²) in [4.78, 5) is 0. The van der Waals surface area contributed by atoms with Crippen molar-refractivity contribution in [1.29, 1.82) is 0 Å². The largest absolute Gasteiger partial charge is 0.460 e. The molecule has 0 aliphatic heterocycles. The molecule has 0 unspecified atom stereocenters. The van der Waals surface area contributed by atoms with Gasteiger partial charge in [0.25, 0.3) is 0 Å². The van der Waals surface area contributed by atoms with Gasteiger partial charge in [0.2, 0.25) is 0 Å². The van der Waals surface area contributed by atoms with Crippen molar-refractivity contribution in [2.45, 2.75) is 59.8 Å². The zero-order valence-electron chi connectivity index (χ0n) is 26.5. The van der Waals surface area contributed by atoms with Crippen LogP contribution < -0.4 is 30.3 Å². The first-order valence-corrected chi connectivity index (χ1v) is 17.7. The topological polar surface area (TPSA) is 18.5 Å². The summed E-state index contributed by atoms with van der Waals surface area (Å²) in [5.41, 5.74) is 2.15. The predicted molar refractivity (Wildman–Crippen MR) is 190 cm³/mol. The molecular formula is C39H44O2P2. The van der Waals surface area contributed by atoms with Crippen molar-refractivity contribution in [3.63, 3.8) is 0 Å². The molecule has 0 bridgehead atoms. The van der Waals surface area contributed by atoms with Crippen LogP contribution in [0.25, 0.3) is 0 Å². The Morgan fingerprint density at radius 3 is 1.09 bits per heavy atom. The Bertz CT molecular complexity index is 1450. The highest BCUT2D eigenvalue weighted by Crippen LogP contribution is 2.52. The van der Waals surface area contributed by atoms with E-state index in [9.17, 15) is 0 Å². The first-order chi connectivity index (χ1) is 20.8. The molecule has 0 spiro atoms. The summed E-state index contributed by atoms with van der Waals surface area (Å²) in [5.74, 6) is 1.96. The van der Waals surface area contributed by atoms with Crippen LogP contribution >= 0.6 is 16.3 Å². The minimum atomic E-state index is -1.14. The van der Waals surface area contributed by atoms with Crippen LogP contribution in [0.5, 0.6) is 11.5 Å². The van der Waals surface area contributed by atoms with Gasteiger partial charge in [-0.25, -0.2) is 0 Å². The van der Waals surface area contributed by atoms with Crippen LogP contribution in [0.2, 0.25) is 0 Å². The molecule has 5 aromatic rings. The highest BCUT2D eigenvalue weighted by Gasteiger charge is 2.31. The van der Waals surface area contributed by atoms with Crippen molar-refractivity contribution in [2.75, 3.05) is 0 Å². The second-order valence-corrected chi connectivity index (χ2v) is 15.0. The number of rotatable bonds is 9. The van der Waals surface area contributed by atoms with E-state index in [-0.39, 0.29) is 11.3 Å². The molecule has 0 amide bonds. The second-order valence-electron chi connectivity index (χ2n) is 11.4. The smallest absolute Gasteiger partial charge is 0.170 e. The molecule has 0 N–H and O–H groups in total. The average Bonchev–Trinajstić information content (AvgIpc) is 3.04. The first-order valence-electron chi connectivity index (χ1n) is 15.2. The van der Waals surface area contributed by atoms with Crippen molar-refractivity contribution in [3.8, 4) is 11.5 Å². The van der Waals surface area contributed by atoms with Gasteiger partial charge in [0.05, 0.1) is 0 Å². The van der Waals surface area contributed by atoms with E-state index >= 15 is 0 Å². The zero-order valence-corrected chi connectivity index (χ0v) is 28.3. The van der Waals surface area contributed by atoms with Crippen molar-refractivity contribution in [1.82, 2.24) is 0 Å². The third-order valence-corrected chi connectivity index (χ3v) is 10.7. The third kappa shape index (κ3) is 8.14. The van der Waals surface area contributed by atoms with Gasteiger partial charge in [-0.1, -0.05) is 182 Å². The Balaban J connectivity index is 0.00000207. The summed E-state index contributed by atoms with van der Waals surface area (Å²) in [6, 6.07) is 46.8. The Hall–Kier alpha value is -3.44. The fourth-order valence-corrected chi connectivity index (χ4v) is 8.28. The molecule has 5 rings (SSSR count). The molecule has 0 radical (unpaired) electrons. The maximum atomic E-state index is 7.29. The Morgan fingerprint density at radius 2 is 0.791 bits per heavy atom. The highest BCUT2D eigenvalue weighted by molar-refractivity contribution is 7.69. The van der Waals surface area contributed by atoms with E-state index in [4.69, 9.17) is 9.05 Å². The molecule has 0 heterocycles. The quantitative estimate of drug-likeness (QED) is 0.156.